The lowest BCUT2D eigenvalue weighted by atomic mass is 9.93. The number of carbonyl (C=O) groups excluding carboxylic acids is 4. The van der Waals surface area contributed by atoms with Crippen LogP contribution in [0.15, 0.2) is 24.3 Å². The molecule has 0 spiro atoms. The van der Waals surface area contributed by atoms with Gasteiger partial charge in [-0.05, 0) is 58.4 Å². The van der Waals surface area contributed by atoms with E-state index >= 15 is 0 Å². The Bertz CT molecular complexity index is 878. The second-order valence-electron chi connectivity index (χ2n) is 9.07. The highest BCUT2D eigenvalue weighted by molar-refractivity contribution is 6.00. The molecule has 1 heterocycles. The molecule has 1 aliphatic heterocycles. The molecule has 1 saturated heterocycles. The lowest BCUT2D eigenvalue weighted by Gasteiger charge is -2.26. The van der Waals surface area contributed by atoms with Crippen molar-refractivity contribution in [2.24, 2.45) is 11.7 Å². The molecule has 0 radical (unpaired) electrons. The van der Waals surface area contributed by atoms with Gasteiger partial charge in [0.05, 0.1) is 25.2 Å². The van der Waals surface area contributed by atoms with E-state index in [1.807, 2.05) is 0 Å². The number of hydrogen-bond donors (Lipinski definition) is 1. The fourth-order valence-corrected chi connectivity index (χ4v) is 3.43. The van der Waals surface area contributed by atoms with Crippen LogP contribution in [0.25, 0.3) is 0 Å². The van der Waals surface area contributed by atoms with Crippen molar-refractivity contribution in [3.63, 3.8) is 0 Å². The minimum atomic E-state index is -1.16. The van der Waals surface area contributed by atoms with Crippen LogP contribution in [0.1, 0.15) is 51.4 Å². The molecule has 2 amide bonds. The summed E-state index contributed by atoms with van der Waals surface area (Å²) >= 11 is 0. The Morgan fingerprint density at radius 1 is 1.15 bits per heavy atom. The lowest BCUT2D eigenvalue weighted by molar-refractivity contribution is -0.145. The summed E-state index contributed by atoms with van der Waals surface area (Å²) in [6, 6.07) is 6.18. The van der Waals surface area contributed by atoms with E-state index in [1.54, 1.807) is 46.8 Å². The highest BCUT2D eigenvalue weighted by atomic mass is 16.6. The maximum Gasteiger partial charge on any atom is 0.410 e. The predicted molar refractivity (Wildman–Crippen MR) is 122 cm³/mol. The normalized spacial score (nSPS) is 17.6. The number of amides is 2. The summed E-state index contributed by atoms with van der Waals surface area (Å²) in [6.07, 6.45) is -1.56. The first-order valence-electron chi connectivity index (χ1n) is 11.3. The van der Waals surface area contributed by atoms with Gasteiger partial charge >= 0.3 is 12.1 Å². The van der Waals surface area contributed by atoms with Crippen LogP contribution in [-0.4, -0.2) is 72.8 Å². The molecule has 1 fully saturated rings. The molecule has 1 aromatic carbocycles. The molecule has 188 valence electrons. The summed E-state index contributed by atoms with van der Waals surface area (Å²) in [5, 5.41) is 0. The number of ketones is 1. The number of hydrogen-bond acceptors (Lipinski definition) is 8. The molecule has 0 aromatic heterocycles. The summed E-state index contributed by atoms with van der Waals surface area (Å²) in [6.45, 7) is 9.30. The van der Waals surface area contributed by atoms with Gasteiger partial charge in [-0.3, -0.25) is 9.59 Å². The summed E-state index contributed by atoms with van der Waals surface area (Å²) in [5.74, 6) is -2.03. The van der Waals surface area contributed by atoms with Crippen molar-refractivity contribution >= 4 is 23.8 Å². The molecule has 0 saturated carbocycles. The molecule has 10 heteroatoms. The molecule has 0 aliphatic carbocycles. The van der Waals surface area contributed by atoms with E-state index in [-0.39, 0.29) is 25.5 Å². The van der Waals surface area contributed by atoms with Crippen molar-refractivity contribution in [1.82, 2.24) is 4.90 Å². The van der Waals surface area contributed by atoms with Crippen LogP contribution < -0.4 is 10.5 Å². The lowest BCUT2D eigenvalue weighted by Crippen LogP contribution is -2.43. The van der Waals surface area contributed by atoms with Crippen LogP contribution >= 0.6 is 0 Å². The Labute approximate surface area is 199 Å². The van der Waals surface area contributed by atoms with Gasteiger partial charge in [-0.25, -0.2) is 9.59 Å². The molecule has 0 bridgehead atoms. The van der Waals surface area contributed by atoms with E-state index in [1.165, 1.54) is 17.0 Å². The molecule has 10 nitrogen and oxygen atoms in total. The second kappa shape index (κ2) is 11.8. The zero-order valence-electron chi connectivity index (χ0n) is 20.4. The SMILES string of the molecule is CCOC(=O)COc1ccc(C(=O)C(C)[C@H](O[C@@H]2CCN(C(=O)OC(C)(C)C)C2)C(N)=O)cc1. The van der Waals surface area contributed by atoms with E-state index in [0.717, 1.165) is 0 Å². The van der Waals surface area contributed by atoms with Crippen LogP contribution in [-0.2, 0) is 23.8 Å². The van der Waals surface area contributed by atoms with E-state index in [0.29, 0.717) is 24.3 Å². The minimum absolute atomic E-state index is 0.239. The number of carbonyl (C=O) groups is 4. The first-order valence-corrected chi connectivity index (χ1v) is 11.3. The van der Waals surface area contributed by atoms with Gasteiger partial charge in [0.1, 0.15) is 17.5 Å². The summed E-state index contributed by atoms with van der Waals surface area (Å²) < 4.78 is 21.4. The molecule has 2 rings (SSSR count). The molecular weight excluding hydrogens is 444 g/mol. The van der Waals surface area contributed by atoms with E-state index in [2.05, 4.69) is 0 Å². The molecular formula is C24H34N2O8. The van der Waals surface area contributed by atoms with Gasteiger partial charge in [0.2, 0.25) is 5.91 Å². The van der Waals surface area contributed by atoms with Gasteiger partial charge in [-0.2, -0.15) is 0 Å². The number of primary amides is 1. The van der Waals surface area contributed by atoms with Crippen LogP contribution in [0.2, 0.25) is 0 Å². The van der Waals surface area contributed by atoms with Crippen molar-refractivity contribution in [2.45, 2.75) is 58.8 Å². The van der Waals surface area contributed by atoms with Crippen molar-refractivity contribution < 1.29 is 38.1 Å². The van der Waals surface area contributed by atoms with Crippen LogP contribution in [0.3, 0.4) is 0 Å². The zero-order valence-corrected chi connectivity index (χ0v) is 20.4. The van der Waals surface area contributed by atoms with Gasteiger partial charge in [0.15, 0.2) is 12.4 Å². The van der Waals surface area contributed by atoms with Crippen LogP contribution in [0, 0.1) is 5.92 Å². The number of nitrogens with two attached hydrogens (primary N) is 1. The first-order chi connectivity index (χ1) is 15.9. The number of likely N-dealkylation sites (tertiary alicyclic amines) is 1. The average molecular weight is 479 g/mol. The number of rotatable bonds is 10. The third kappa shape index (κ3) is 8.02. The summed E-state index contributed by atoms with van der Waals surface area (Å²) in [4.78, 5) is 50.2. The van der Waals surface area contributed by atoms with Gasteiger partial charge < -0.3 is 29.6 Å². The summed E-state index contributed by atoms with van der Waals surface area (Å²) in [5.41, 5.74) is 5.26. The molecule has 1 aliphatic rings. The van der Waals surface area contributed by atoms with Crippen LogP contribution in [0.5, 0.6) is 5.75 Å². The number of benzene rings is 1. The Morgan fingerprint density at radius 2 is 1.79 bits per heavy atom. The van der Waals surface area contributed by atoms with Gasteiger partial charge in [0.25, 0.3) is 0 Å². The van der Waals surface area contributed by atoms with Crippen LogP contribution in [0.4, 0.5) is 4.79 Å². The Balaban J connectivity index is 1.97. The van der Waals surface area contributed by atoms with Gasteiger partial charge in [-0.1, -0.05) is 6.92 Å². The fourth-order valence-electron chi connectivity index (χ4n) is 3.43. The maximum atomic E-state index is 13.0. The van der Waals surface area contributed by atoms with Crippen molar-refractivity contribution in [2.75, 3.05) is 26.3 Å². The smallest absolute Gasteiger partial charge is 0.410 e. The predicted octanol–water partition coefficient (Wildman–Crippen LogP) is 2.33. The monoisotopic (exact) mass is 478 g/mol. The number of esters is 1. The van der Waals surface area contributed by atoms with Crippen molar-refractivity contribution in [3.8, 4) is 5.75 Å². The molecule has 3 atom stereocenters. The zero-order chi connectivity index (χ0) is 25.5. The third-order valence-corrected chi connectivity index (χ3v) is 5.08. The average Bonchev–Trinajstić information content (AvgIpc) is 3.23. The van der Waals surface area contributed by atoms with E-state index in [9.17, 15) is 19.2 Å². The third-order valence-electron chi connectivity index (χ3n) is 5.08. The number of Topliss-reactive ketones (excluding diaryl/α,β-unsaturated/α-hetero) is 1. The number of nitrogens with zero attached hydrogens (tertiary/aromatic N) is 1. The largest absolute Gasteiger partial charge is 0.482 e. The molecule has 2 N–H and O–H groups in total. The summed E-state index contributed by atoms with van der Waals surface area (Å²) in [7, 11) is 0. The van der Waals surface area contributed by atoms with E-state index in [4.69, 9.17) is 24.7 Å². The highest BCUT2D eigenvalue weighted by Gasteiger charge is 2.36. The Hall–Kier alpha value is -3.14. The Kier molecular flexibility index (Phi) is 9.43. The van der Waals surface area contributed by atoms with Gasteiger partial charge in [-0.15, -0.1) is 0 Å². The first kappa shape index (κ1) is 27.1. The molecule has 34 heavy (non-hydrogen) atoms. The standard InChI is InChI=1S/C24H34N2O8/c1-6-31-19(27)14-32-17-9-7-16(8-10-17)20(28)15(2)21(22(25)29)33-18-11-12-26(13-18)23(30)34-24(3,4)5/h7-10,15,18,21H,6,11-14H2,1-5H3,(H2,25,29)/t15?,18-,21+/m1/s1. The molecule has 1 unspecified atom stereocenters. The minimum Gasteiger partial charge on any atom is -0.482 e. The van der Waals surface area contributed by atoms with Crippen molar-refractivity contribution in [3.05, 3.63) is 29.8 Å². The topological polar surface area (TPSA) is 134 Å². The van der Waals surface area contributed by atoms with Gasteiger partial charge in [0, 0.05) is 12.1 Å². The molecule has 1 aromatic rings. The number of ether oxygens (including phenoxy) is 4. The van der Waals surface area contributed by atoms with E-state index < -0.39 is 41.7 Å². The van der Waals surface area contributed by atoms with Crippen molar-refractivity contribution in [1.29, 1.82) is 0 Å². The second-order valence-corrected chi connectivity index (χ2v) is 9.07. The quantitative estimate of drug-likeness (QED) is 0.400. The Morgan fingerprint density at radius 3 is 2.35 bits per heavy atom. The fraction of sp³-hybridized carbons (Fsp3) is 0.583. The maximum absolute atomic E-state index is 13.0. The highest BCUT2D eigenvalue weighted by Crippen LogP contribution is 2.23.